The maximum Gasteiger partial charge on any atom is 0.323 e. The second-order valence-corrected chi connectivity index (χ2v) is 8.23. The molecular weight excluding hydrogens is 467 g/mol. The number of hydrogen-bond acceptors (Lipinski definition) is 6. The molecule has 8 nitrogen and oxygen atoms in total. The lowest BCUT2D eigenvalue weighted by Gasteiger charge is -2.26. The molecule has 0 saturated heterocycles. The Morgan fingerprint density at radius 3 is 2.39 bits per heavy atom. The Morgan fingerprint density at radius 2 is 1.85 bits per heavy atom. The number of nitriles is 1. The third-order valence-electron chi connectivity index (χ3n) is 5.48. The summed E-state index contributed by atoms with van der Waals surface area (Å²) in [5, 5.41) is 13.1. The Morgan fingerprint density at radius 1 is 1.21 bits per heavy atom. The molecule has 2 aromatic carbocycles. The number of aryl methyl sites for hydroxylation is 1. The van der Waals surface area contributed by atoms with Gasteiger partial charge in [-0.1, -0.05) is 35.3 Å². The maximum absolute atomic E-state index is 13.0. The minimum Gasteiger partial charge on any atom is -0.465 e. The Hall–Kier alpha value is -3.41. The van der Waals surface area contributed by atoms with Gasteiger partial charge < -0.3 is 14.6 Å². The zero-order valence-corrected chi connectivity index (χ0v) is 19.8. The number of aromatic nitrogens is 2. The van der Waals surface area contributed by atoms with Crippen molar-refractivity contribution in [1.29, 1.82) is 5.26 Å². The average Bonchev–Trinajstić information content (AvgIpc) is 3.11. The van der Waals surface area contributed by atoms with Gasteiger partial charge in [0.25, 0.3) is 5.91 Å². The molecular formula is C23H20Cl2N4O4. The second kappa shape index (κ2) is 9.22. The third kappa shape index (κ3) is 4.06. The molecule has 1 heterocycles. The predicted molar refractivity (Wildman–Crippen MR) is 125 cm³/mol. The van der Waals surface area contributed by atoms with Crippen LogP contribution in [-0.2, 0) is 26.8 Å². The fourth-order valence-electron chi connectivity index (χ4n) is 3.54. The summed E-state index contributed by atoms with van der Waals surface area (Å²) in [6.07, 6.45) is 0. The van der Waals surface area contributed by atoms with E-state index in [0.717, 1.165) is 0 Å². The quantitative estimate of drug-likeness (QED) is 0.407. The molecule has 0 saturated carbocycles. The molecule has 1 unspecified atom stereocenters. The largest absolute Gasteiger partial charge is 0.465 e. The van der Waals surface area contributed by atoms with Crippen molar-refractivity contribution in [2.45, 2.75) is 26.2 Å². The average molecular weight is 487 g/mol. The van der Waals surface area contributed by atoms with Gasteiger partial charge in [0.15, 0.2) is 11.6 Å². The zero-order chi connectivity index (χ0) is 24.5. The van der Waals surface area contributed by atoms with E-state index in [1.807, 2.05) is 0 Å². The van der Waals surface area contributed by atoms with Crippen molar-refractivity contribution in [2.75, 3.05) is 11.9 Å². The Kier molecular flexibility index (Phi) is 6.77. The Balaban J connectivity index is 2.18. The number of amides is 1. The van der Waals surface area contributed by atoms with Gasteiger partial charge in [-0.2, -0.15) is 5.26 Å². The van der Waals surface area contributed by atoms with E-state index in [1.165, 1.54) is 24.5 Å². The van der Waals surface area contributed by atoms with Crippen LogP contribution in [0.1, 0.15) is 42.5 Å². The van der Waals surface area contributed by atoms with Crippen LogP contribution in [0.15, 0.2) is 30.3 Å². The summed E-state index contributed by atoms with van der Waals surface area (Å²) in [5.74, 6) is -1.86. The van der Waals surface area contributed by atoms with Crippen molar-refractivity contribution < 1.29 is 19.1 Å². The monoisotopic (exact) mass is 486 g/mol. The van der Waals surface area contributed by atoms with Crippen molar-refractivity contribution in [1.82, 2.24) is 9.55 Å². The fourth-order valence-corrected chi connectivity index (χ4v) is 4.04. The number of rotatable bonds is 6. The number of para-hydroxylation sites is 1. The van der Waals surface area contributed by atoms with E-state index < -0.39 is 23.1 Å². The number of nitrogens with one attached hydrogen (secondary N) is 1. The van der Waals surface area contributed by atoms with E-state index in [0.29, 0.717) is 11.0 Å². The fraction of sp³-hybridized carbons (Fsp3) is 0.261. The summed E-state index contributed by atoms with van der Waals surface area (Å²) in [5.41, 5.74) is -0.626. The lowest BCUT2D eigenvalue weighted by atomic mass is 9.76. The van der Waals surface area contributed by atoms with Gasteiger partial charge in [-0.05, 0) is 44.5 Å². The smallest absolute Gasteiger partial charge is 0.323 e. The molecule has 10 heteroatoms. The molecule has 0 bridgehead atoms. The summed E-state index contributed by atoms with van der Waals surface area (Å²) in [6, 6.07) is 9.90. The second-order valence-electron chi connectivity index (χ2n) is 7.41. The van der Waals surface area contributed by atoms with Gasteiger partial charge in [-0.15, -0.1) is 0 Å². The first-order chi connectivity index (χ1) is 15.6. The molecule has 0 radical (unpaired) electrons. The molecule has 3 aromatic rings. The van der Waals surface area contributed by atoms with Crippen LogP contribution in [0.4, 0.5) is 5.69 Å². The standard InChI is InChI=1S/C23H20Cl2N4O4/c1-5-33-22(32)23(3,12(2)30)14-9-10-17-19(13(14)11-26)29(4)20(27-17)21(31)28-18-15(24)7-6-8-16(18)25/h6-10H,5H2,1-4H3,(H,28,31). The molecule has 0 aliphatic carbocycles. The Labute approximate surface area is 200 Å². The first-order valence-corrected chi connectivity index (χ1v) is 10.7. The first-order valence-electron chi connectivity index (χ1n) is 9.91. The van der Waals surface area contributed by atoms with Crippen molar-refractivity contribution >= 4 is 57.6 Å². The highest BCUT2D eigenvalue weighted by Crippen LogP contribution is 2.34. The number of halogens is 2. The van der Waals surface area contributed by atoms with Crippen LogP contribution >= 0.6 is 23.2 Å². The van der Waals surface area contributed by atoms with Crippen LogP contribution in [0.5, 0.6) is 0 Å². The number of hydrogen-bond donors (Lipinski definition) is 1. The minimum absolute atomic E-state index is 0.0182. The van der Waals surface area contributed by atoms with Gasteiger partial charge in [0.2, 0.25) is 0 Å². The zero-order valence-electron chi connectivity index (χ0n) is 18.3. The molecule has 3 rings (SSSR count). The van der Waals surface area contributed by atoms with Crippen molar-refractivity contribution in [2.24, 2.45) is 7.05 Å². The Bertz CT molecular complexity index is 1320. The van der Waals surface area contributed by atoms with Crippen LogP contribution in [-0.4, -0.2) is 33.8 Å². The van der Waals surface area contributed by atoms with Crippen molar-refractivity contribution in [3.63, 3.8) is 0 Å². The number of carbonyl (C=O) groups excluding carboxylic acids is 3. The van der Waals surface area contributed by atoms with Crippen LogP contribution in [0.2, 0.25) is 10.0 Å². The first kappa shape index (κ1) is 24.2. The number of imidazole rings is 1. The summed E-state index contributed by atoms with van der Waals surface area (Å²) >= 11 is 12.3. The van der Waals surface area contributed by atoms with Gasteiger partial charge in [-0.25, -0.2) is 4.98 Å². The summed E-state index contributed by atoms with van der Waals surface area (Å²) in [7, 11) is 1.55. The van der Waals surface area contributed by atoms with E-state index >= 15 is 0 Å². The SMILES string of the molecule is CCOC(=O)C(C)(C(C)=O)c1ccc2nc(C(=O)Nc3c(Cl)cccc3Cl)n(C)c2c1C#N. The van der Waals surface area contributed by atoms with Gasteiger partial charge >= 0.3 is 5.97 Å². The highest BCUT2D eigenvalue weighted by molar-refractivity contribution is 6.40. The maximum atomic E-state index is 13.0. The number of carbonyl (C=O) groups is 3. The predicted octanol–water partition coefficient (Wildman–Crippen LogP) is 4.41. The van der Waals surface area contributed by atoms with E-state index in [-0.39, 0.29) is 39.3 Å². The number of fused-ring (bicyclic) bond motifs is 1. The van der Waals surface area contributed by atoms with Crippen LogP contribution in [0.3, 0.4) is 0 Å². The van der Waals surface area contributed by atoms with E-state index in [4.69, 9.17) is 27.9 Å². The van der Waals surface area contributed by atoms with E-state index in [9.17, 15) is 19.6 Å². The normalized spacial score (nSPS) is 12.6. The molecule has 33 heavy (non-hydrogen) atoms. The molecule has 1 aromatic heterocycles. The van der Waals surface area contributed by atoms with Gasteiger partial charge in [0, 0.05) is 7.05 Å². The highest BCUT2D eigenvalue weighted by atomic mass is 35.5. The highest BCUT2D eigenvalue weighted by Gasteiger charge is 2.44. The topological polar surface area (TPSA) is 114 Å². The van der Waals surface area contributed by atoms with Crippen molar-refractivity contribution in [3.8, 4) is 6.07 Å². The summed E-state index contributed by atoms with van der Waals surface area (Å²) < 4.78 is 6.54. The molecule has 170 valence electrons. The number of ketones is 1. The van der Waals surface area contributed by atoms with Crippen LogP contribution in [0, 0.1) is 11.3 Å². The third-order valence-corrected chi connectivity index (χ3v) is 6.11. The van der Waals surface area contributed by atoms with E-state index in [1.54, 1.807) is 38.2 Å². The van der Waals surface area contributed by atoms with Crippen LogP contribution in [0.25, 0.3) is 11.0 Å². The molecule has 0 spiro atoms. The summed E-state index contributed by atoms with van der Waals surface area (Å²) in [4.78, 5) is 42.6. The number of anilines is 1. The van der Waals surface area contributed by atoms with E-state index in [2.05, 4.69) is 16.4 Å². The van der Waals surface area contributed by atoms with Crippen molar-refractivity contribution in [3.05, 3.63) is 57.3 Å². The molecule has 0 fully saturated rings. The number of ether oxygens (including phenoxy) is 1. The molecule has 1 amide bonds. The molecule has 1 atom stereocenters. The van der Waals surface area contributed by atoms with Crippen LogP contribution < -0.4 is 5.32 Å². The lowest BCUT2D eigenvalue weighted by molar-refractivity contribution is -0.152. The number of benzene rings is 2. The number of Topliss-reactive ketones (excluding diaryl/α,β-unsaturated/α-hetero) is 1. The van der Waals surface area contributed by atoms with Gasteiger partial charge in [0.05, 0.1) is 38.9 Å². The van der Waals surface area contributed by atoms with Gasteiger partial charge in [0.1, 0.15) is 11.5 Å². The summed E-state index contributed by atoms with van der Waals surface area (Å²) in [6.45, 7) is 4.38. The molecule has 0 aliphatic rings. The van der Waals surface area contributed by atoms with Gasteiger partial charge in [-0.3, -0.25) is 14.4 Å². The number of esters is 1. The minimum atomic E-state index is -1.70. The molecule has 1 N–H and O–H groups in total. The molecule has 0 aliphatic heterocycles. The lowest BCUT2D eigenvalue weighted by Crippen LogP contribution is -2.41. The number of nitrogens with zero attached hydrogens (tertiary/aromatic N) is 3.